The molecule has 2 fully saturated rings. The first-order valence-electron chi connectivity index (χ1n) is 11.0. The number of nitrogens with zero attached hydrogens (tertiary/aromatic N) is 3. The maximum absolute atomic E-state index is 14.1. The van der Waals surface area contributed by atoms with Crippen LogP contribution in [0.5, 0.6) is 5.75 Å². The number of aryl methyl sites for hydroxylation is 1. The minimum atomic E-state index is -2.31. The number of hydrogen-bond acceptors (Lipinski definition) is 8. The fraction of sp³-hybridized carbons (Fsp3) is 0.417. The van der Waals surface area contributed by atoms with Crippen LogP contribution in [0.25, 0.3) is 10.9 Å². The second kappa shape index (κ2) is 8.84. The summed E-state index contributed by atoms with van der Waals surface area (Å²) in [4.78, 5) is 8.88. The van der Waals surface area contributed by atoms with Crippen molar-refractivity contribution >= 4 is 26.3 Å². The number of aromatic nitrogens is 2. The van der Waals surface area contributed by atoms with E-state index in [1.54, 1.807) is 24.6 Å². The van der Waals surface area contributed by atoms with Crippen LogP contribution in [-0.4, -0.2) is 69.4 Å². The zero-order valence-corrected chi connectivity index (χ0v) is 19.9. The highest BCUT2D eigenvalue weighted by molar-refractivity contribution is 7.92. The van der Waals surface area contributed by atoms with E-state index in [9.17, 15) is 13.7 Å². The SMILES string of the molecule is Cc1cc(N=S(C)(C)=O)cc2ncnc(Cc3ccc(F)cc3O[C@H]3CO[C@H]4[C@@H]3OC[C@H]4O)c12. The average molecular weight is 488 g/mol. The van der Waals surface area contributed by atoms with Gasteiger partial charge in [0, 0.05) is 45.7 Å². The van der Waals surface area contributed by atoms with Crippen molar-refractivity contribution < 1.29 is 27.9 Å². The zero-order chi connectivity index (χ0) is 24.0. The molecule has 10 heteroatoms. The number of rotatable bonds is 5. The summed E-state index contributed by atoms with van der Waals surface area (Å²) in [6.45, 7) is 2.38. The molecule has 0 saturated carbocycles. The van der Waals surface area contributed by atoms with Crippen LogP contribution in [0.15, 0.2) is 41.0 Å². The van der Waals surface area contributed by atoms with Crippen molar-refractivity contribution in [3.8, 4) is 5.75 Å². The number of aliphatic hydroxyl groups excluding tert-OH is 1. The van der Waals surface area contributed by atoms with Crippen molar-refractivity contribution in [2.24, 2.45) is 4.36 Å². The summed E-state index contributed by atoms with van der Waals surface area (Å²) >= 11 is 0. The van der Waals surface area contributed by atoms with Gasteiger partial charge in [0.1, 0.15) is 36.2 Å². The minimum Gasteiger partial charge on any atom is -0.485 e. The molecule has 34 heavy (non-hydrogen) atoms. The van der Waals surface area contributed by atoms with E-state index < -0.39 is 40.0 Å². The molecule has 0 radical (unpaired) electrons. The molecule has 2 saturated heterocycles. The fourth-order valence-electron chi connectivity index (χ4n) is 4.57. The Kier molecular flexibility index (Phi) is 6.01. The van der Waals surface area contributed by atoms with E-state index in [1.165, 1.54) is 18.5 Å². The first-order chi connectivity index (χ1) is 16.2. The normalized spacial score (nSPS) is 24.4. The number of halogens is 1. The van der Waals surface area contributed by atoms with Crippen LogP contribution >= 0.6 is 0 Å². The number of ether oxygens (including phenoxy) is 3. The van der Waals surface area contributed by atoms with Gasteiger partial charge >= 0.3 is 0 Å². The van der Waals surface area contributed by atoms with Crippen LogP contribution in [0.2, 0.25) is 0 Å². The Bertz CT molecular complexity index is 1370. The van der Waals surface area contributed by atoms with Crippen molar-refractivity contribution in [1.29, 1.82) is 0 Å². The van der Waals surface area contributed by atoms with Gasteiger partial charge in [0.2, 0.25) is 0 Å². The smallest absolute Gasteiger partial charge is 0.151 e. The quantitative estimate of drug-likeness (QED) is 0.590. The number of hydrogen-bond donors (Lipinski definition) is 1. The van der Waals surface area contributed by atoms with Crippen molar-refractivity contribution in [2.75, 3.05) is 25.7 Å². The molecule has 3 heterocycles. The molecular weight excluding hydrogens is 461 g/mol. The third-order valence-corrected chi connectivity index (χ3v) is 6.62. The van der Waals surface area contributed by atoms with E-state index in [2.05, 4.69) is 14.3 Å². The molecule has 1 aromatic heterocycles. The van der Waals surface area contributed by atoms with E-state index in [4.69, 9.17) is 14.2 Å². The summed E-state index contributed by atoms with van der Waals surface area (Å²) in [5.41, 5.74) is 3.71. The molecule has 2 aliphatic rings. The molecule has 0 unspecified atom stereocenters. The van der Waals surface area contributed by atoms with Gasteiger partial charge in [-0.25, -0.2) is 18.6 Å². The van der Waals surface area contributed by atoms with Gasteiger partial charge < -0.3 is 19.3 Å². The Balaban J connectivity index is 1.48. The van der Waals surface area contributed by atoms with E-state index in [0.29, 0.717) is 23.4 Å². The van der Waals surface area contributed by atoms with Crippen LogP contribution in [-0.2, 0) is 25.6 Å². The second-order valence-electron chi connectivity index (χ2n) is 9.00. The summed E-state index contributed by atoms with van der Waals surface area (Å²) in [5, 5.41) is 10.8. The van der Waals surface area contributed by atoms with Crippen LogP contribution in [0.3, 0.4) is 0 Å². The number of benzene rings is 2. The van der Waals surface area contributed by atoms with Crippen LogP contribution in [0.4, 0.5) is 10.1 Å². The predicted octanol–water partition coefficient (Wildman–Crippen LogP) is 2.93. The van der Waals surface area contributed by atoms with E-state index >= 15 is 0 Å². The van der Waals surface area contributed by atoms with Crippen molar-refractivity contribution in [2.45, 2.75) is 37.8 Å². The van der Waals surface area contributed by atoms with Gasteiger partial charge in [0.05, 0.1) is 30.1 Å². The van der Waals surface area contributed by atoms with Crippen LogP contribution in [0.1, 0.15) is 16.8 Å². The molecule has 0 bridgehead atoms. The predicted molar refractivity (Wildman–Crippen MR) is 125 cm³/mol. The third kappa shape index (κ3) is 4.63. The maximum atomic E-state index is 14.1. The van der Waals surface area contributed by atoms with Gasteiger partial charge in [0.15, 0.2) is 6.10 Å². The Morgan fingerprint density at radius 3 is 2.76 bits per heavy atom. The summed E-state index contributed by atoms with van der Waals surface area (Å²) in [7, 11) is -2.31. The largest absolute Gasteiger partial charge is 0.485 e. The molecule has 2 aliphatic heterocycles. The van der Waals surface area contributed by atoms with Gasteiger partial charge in [0.25, 0.3) is 0 Å². The first kappa shape index (κ1) is 23.1. The Morgan fingerprint density at radius 1 is 1.18 bits per heavy atom. The fourth-order valence-corrected chi connectivity index (χ4v) is 5.18. The Labute approximate surface area is 197 Å². The molecule has 2 aromatic carbocycles. The van der Waals surface area contributed by atoms with Gasteiger partial charge in [-0.3, -0.25) is 0 Å². The Hall–Kier alpha value is -2.66. The molecule has 0 spiro atoms. The van der Waals surface area contributed by atoms with Crippen molar-refractivity contribution in [3.63, 3.8) is 0 Å². The molecule has 5 rings (SSSR count). The lowest BCUT2D eigenvalue weighted by Crippen LogP contribution is -2.34. The topological polar surface area (TPSA) is 103 Å². The van der Waals surface area contributed by atoms with E-state index in [-0.39, 0.29) is 13.2 Å². The molecule has 180 valence electrons. The van der Waals surface area contributed by atoms with E-state index in [1.807, 2.05) is 13.0 Å². The lowest BCUT2D eigenvalue weighted by molar-refractivity contribution is 0.00843. The summed E-state index contributed by atoms with van der Waals surface area (Å²) in [6.07, 6.45) is 3.06. The molecule has 4 atom stereocenters. The summed E-state index contributed by atoms with van der Waals surface area (Å²) < 4.78 is 48.0. The van der Waals surface area contributed by atoms with Gasteiger partial charge in [-0.15, -0.1) is 0 Å². The van der Waals surface area contributed by atoms with Crippen LogP contribution in [0, 0.1) is 12.7 Å². The number of fused-ring (bicyclic) bond motifs is 2. The molecule has 3 aromatic rings. The third-order valence-electron chi connectivity index (χ3n) is 5.97. The van der Waals surface area contributed by atoms with Gasteiger partial charge in [-0.1, -0.05) is 6.07 Å². The number of aliphatic hydroxyl groups is 1. The standard InChI is InChI=1S/C24H26FN3O5S/c1-13-6-16(28-34(2,3)30)9-18-22(13)17(26-12-27-18)7-14-4-5-15(25)8-20(14)33-21-11-32-23-19(29)10-31-24(21)23/h4-6,8-9,12,19,21,23-24,29H,7,10-11H2,1-3H3/t19-,21+,23-,24-/m1/s1. The lowest BCUT2D eigenvalue weighted by atomic mass is 10.0. The molecule has 1 N–H and O–H groups in total. The second-order valence-corrected chi connectivity index (χ2v) is 11.5. The Morgan fingerprint density at radius 2 is 1.97 bits per heavy atom. The van der Waals surface area contributed by atoms with Crippen molar-refractivity contribution in [3.05, 3.63) is 59.3 Å². The highest BCUT2D eigenvalue weighted by Crippen LogP contribution is 2.33. The van der Waals surface area contributed by atoms with Crippen LogP contribution < -0.4 is 4.74 Å². The lowest BCUT2D eigenvalue weighted by Gasteiger charge is -2.20. The molecule has 8 nitrogen and oxygen atoms in total. The molecule has 0 aliphatic carbocycles. The highest BCUT2D eigenvalue weighted by atomic mass is 32.2. The average Bonchev–Trinajstić information content (AvgIpc) is 3.32. The summed E-state index contributed by atoms with van der Waals surface area (Å²) in [6, 6.07) is 8.07. The highest BCUT2D eigenvalue weighted by Gasteiger charge is 2.48. The molecular formula is C24H26FN3O5S. The summed E-state index contributed by atoms with van der Waals surface area (Å²) in [5.74, 6) is -0.0359. The van der Waals surface area contributed by atoms with E-state index in [0.717, 1.165) is 22.2 Å². The molecule has 0 amide bonds. The van der Waals surface area contributed by atoms with Gasteiger partial charge in [-0.05, 0) is 30.7 Å². The van der Waals surface area contributed by atoms with Crippen molar-refractivity contribution in [1.82, 2.24) is 9.97 Å². The minimum absolute atomic E-state index is 0.191. The first-order valence-corrected chi connectivity index (χ1v) is 13.3. The monoisotopic (exact) mass is 487 g/mol. The maximum Gasteiger partial charge on any atom is 0.151 e. The zero-order valence-electron chi connectivity index (χ0n) is 19.1. The van der Waals surface area contributed by atoms with Gasteiger partial charge in [-0.2, -0.15) is 4.36 Å².